The summed E-state index contributed by atoms with van der Waals surface area (Å²) in [6.45, 7) is 2.00. The van der Waals surface area contributed by atoms with Crippen LogP contribution in [0.3, 0.4) is 0 Å². The number of nitrogens with zero attached hydrogens (tertiary/aromatic N) is 1. The second-order valence-electron chi connectivity index (χ2n) is 4.04. The number of nitrogens with two attached hydrogens (primary N) is 1. The van der Waals surface area contributed by atoms with Gasteiger partial charge in [0.1, 0.15) is 0 Å². The van der Waals surface area contributed by atoms with Crippen molar-refractivity contribution in [2.24, 2.45) is 5.73 Å². The van der Waals surface area contributed by atoms with E-state index in [1.54, 1.807) is 36.8 Å². The molecule has 1 unspecified atom stereocenters. The Balaban J connectivity index is 2.23. The molecule has 0 spiro atoms. The Morgan fingerprint density at radius 1 is 1.47 bits per heavy atom. The van der Waals surface area contributed by atoms with Crippen LogP contribution < -0.4 is 10.5 Å². The Kier molecular flexibility index (Phi) is 4.31. The predicted octanol–water partition coefficient (Wildman–Crippen LogP) is 1.64. The summed E-state index contributed by atoms with van der Waals surface area (Å²) in [5.41, 5.74) is 6.36. The molecule has 0 radical (unpaired) electrons. The highest BCUT2D eigenvalue weighted by atomic mass is 32.2. The lowest BCUT2D eigenvalue weighted by atomic mass is 10.2. The van der Waals surface area contributed by atoms with Crippen LogP contribution in [0.25, 0.3) is 0 Å². The van der Waals surface area contributed by atoms with E-state index in [-0.39, 0.29) is 17.5 Å². The summed E-state index contributed by atoms with van der Waals surface area (Å²) in [5, 5.41) is 1.73. The molecular formula is C12H15N3O2S2. The van der Waals surface area contributed by atoms with E-state index in [0.29, 0.717) is 4.88 Å². The summed E-state index contributed by atoms with van der Waals surface area (Å²) in [7, 11) is -3.55. The van der Waals surface area contributed by atoms with Crippen molar-refractivity contribution < 1.29 is 8.42 Å². The minimum Gasteiger partial charge on any atom is -0.326 e. The van der Waals surface area contributed by atoms with Gasteiger partial charge in [-0.1, -0.05) is 6.07 Å². The van der Waals surface area contributed by atoms with Gasteiger partial charge in [-0.25, -0.2) is 13.1 Å². The zero-order chi connectivity index (χ0) is 13.9. The minimum absolute atomic E-state index is 0.217. The van der Waals surface area contributed by atoms with Gasteiger partial charge in [-0.3, -0.25) is 4.98 Å². The molecule has 0 aliphatic heterocycles. The normalized spacial score (nSPS) is 13.4. The Bertz CT molecular complexity index is 638. The van der Waals surface area contributed by atoms with Crippen molar-refractivity contribution >= 4 is 21.4 Å². The largest absolute Gasteiger partial charge is 0.326 e. The highest BCUT2D eigenvalue weighted by molar-refractivity contribution is 7.89. The predicted molar refractivity (Wildman–Crippen MR) is 75.2 cm³/mol. The molecular weight excluding hydrogens is 282 g/mol. The molecule has 0 bridgehead atoms. The summed E-state index contributed by atoms with van der Waals surface area (Å²) in [5.74, 6) is 0. The topological polar surface area (TPSA) is 85.1 Å². The standard InChI is InChI=1S/C12H15N3O2S2/c1-9(10-3-2-5-14-8-10)15-19(16,17)12-4-6-18-11(12)7-13/h2-6,8-9,15H,7,13H2,1H3. The molecule has 19 heavy (non-hydrogen) atoms. The van der Waals surface area contributed by atoms with Crippen molar-refractivity contribution in [1.29, 1.82) is 0 Å². The van der Waals surface area contributed by atoms with Crippen LogP contribution in [0.5, 0.6) is 0 Å². The van der Waals surface area contributed by atoms with Gasteiger partial charge in [0.25, 0.3) is 0 Å². The Morgan fingerprint density at radius 3 is 2.89 bits per heavy atom. The fourth-order valence-corrected chi connectivity index (χ4v) is 4.28. The Labute approximate surface area is 116 Å². The van der Waals surface area contributed by atoms with E-state index in [4.69, 9.17) is 5.73 Å². The zero-order valence-electron chi connectivity index (χ0n) is 10.4. The van der Waals surface area contributed by atoms with Crippen LogP contribution in [0.2, 0.25) is 0 Å². The molecule has 2 rings (SSSR count). The lowest BCUT2D eigenvalue weighted by Gasteiger charge is -2.14. The maximum atomic E-state index is 12.3. The molecule has 0 aromatic carbocycles. The molecule has 0 fully saturated rings. The average Bonchev–Trinajstić information content (AvgIpc) is 2.88. The Hall–Kier alpha value is -1.28. The molecule has 0 saturated carbocycles. The molecule has 2 aromatic heterocycles. The zero-order valence-corrected chi connectivity index (χ0v) is 12.0. The van der Waals surface area contributed by atoms with Crippen LogP contribution in [0.1, 0.15) is 23.4 Å². The maximum absolute atomic E-state index is 12.3. The molecule has 7 heteroatoms. The van der Waals surface area contributed by atoms with Gasteiger partial charge in [0, 0.05) is 29.9 Å². The number of rotatable bonds is 5. The van der Waals surface area contributed by atoms with E-state index in [1.807, 2.05) is 6.07 Å². The van der Waals surface area contributed by atoms with E-state index in [9.17, 15) is 8.42 Å². The van der Waals surface area contributed by atoms with Crippen molar-refractivity contribution in [2.75, 3.05) is 0 Å². The van der Waals surface area contributed by atoms with Crippen molar-refractivity contribution in [2.45, 2.75) is 24.4 Å². The first-order valence-electron chi connectivity index (χ1n) is 5.73. The third kappa shape index (κ3) is 3.19. The first kappa shape index (κ1) is 14.1. The minimum atomic E-state index is -3.55. The SMILES string of the molecule is CC(NS(=O)(=O)c1ccsc1CN)c1cccnc1. The van der Waals surface area contributed by atoms with Crippen LogP contribution in [0.4, 0.5) is 0 Å². The third-order valence-electron chi connectivity index (χ3n) is 2.70. The van der Waals surface area contributed by atoms with Crippen molar-refractivity contribution in [1.82, 2.24) is 9.71 Å². The fourth-order valence-electron chi connectivity index (χ4n) is 1.71. The highest BCUT2D eigenvalue weighted by Gasteiger charge is 2.21. The number of hydrogen-bond donors (Lipinski definition) is 2. The van der Waals surface area contributed by atoms with E-state index in [1.165, 1.54) is 11.3 Å². The number of nitrogens with one attached hydrogen (secondary N) is 1. The number of aromatic nitrogens is 1. The lowest BCUT2D eigenvalue weighted by molar-refractivity contribution is 0.566. The van der Waals surface area contributed by atoms with Crippen LogP contribution in [0, 0.1) is 0 Å². The molecule has 0 aliphatic rings. The molecule has 0 amide bonds. The molecule has 1 atom stereocenters. The fraction of sp³-hybridized carbons (Fsp3) is 0.250. The van der Waals surface area contributed by atoms with Crippen LogP contribution in [0.15, 0.2) is 40.9 Å². The van der Waals surface area contributed by atoms with Gasteiger partial charge in [-0.05, 0) is 30.0 Å². The Morgan fingerprint density at radius 2 is 2.26 bits per heavy atom. The smallest absolute Gasteiger partial charge is 0.242 e. The second-order valence-corrected chi connectivity index (χ2v) is 6.72. The van der Waals surface area contributed by atoms with Gasteiger partial charge in [0.15, 0.2) is 0 Å². The molecule has 3 N–H and O–H groups in total. The monoisotopic (exact) mass is 297 g/mol. The van der Waals surface area contributed by atoms with Crippen molar-refractivity contribution in [3.63, 3.8) is 0 Å². The summed E-state index contributed by atoms with van der Waals surface area (Å²) in [6, 6.07) is 4.84. The molecule has 2 heterocycles. The average molecular weight is 297 g/mol. The first-order valence-corrected chi connectivity index (χ1v) is 8.09. The molecule has 0 aliphatic carbocycles. The molecule has 0 saturated heterocycles. The number of hydrogen-bond acceptors (Lipinski definition) is 5. The van der Waals surface area contributed by atoms with Gasteiger partial charge in [-0.2, -0.15) is 0 Å². The van der Waals surface area contributed by atoms with Gasteiger partial charge in [0.05, 0.1) is 4.90 Å². The van der Waals surface area contributed by atoms with Crippen molar-refractivity contribution in [3.8, 4) is 0 Å². The van der Waals surface area contributed by atoms with Gasteiger partial charge in [-0.15, -0.1) is 11.3 Å². The van der Waals surface area contributed by atoms with Gasteiger partial charge in [0.2, 0.25) is 10.0 Å². The maximum Gasteiger partial charge on any atom is 0.242 e. The van der Waals surface area contributed by atoms with Crippen LogP contribution in [-0.2, 0) is 16.6 Å². The van der Waals surface area contributed by atoms with Crippen LogP contribution in [-0.4, -0.2) is 13.4 Å². The van der Waals surface area contributed by atoms with Crippen molar-refractivity contribution in [3.05, 3.63) is 46.4 Å². The summed E-state index contributed by atoms with van der Waals surface area (Å²) in [6.07, 6.45) is 3.29. The van der Waals surface area contributed by atoms with E-state index in [2.05, 4.69) is 9.71 Å². The van der Waals surface area contributed by atoms with Crippen LogP contribution >= 0.6 is 11.3 Å². The summed E-state index contributed by atoms with van der Waals surface area (Å²) in [4.78, 5) is 4.90. The number of pyridine rings is 1. The van der Waals surface area contributed by atoms with Gasteiger partial charge >= 0.3 is 0 Å². The molecule has 102 valence electrons. The van der Waals surface area contributed by atoms with Gasteiger partial charge < -0.3 is 5.73 Å². The number of thiophene rings is 1. The lowest BCUT2D eigenvalue weighted by Crippen LogP contribution is -2.27. The molecule has 2 aromatic rings. The summed E-state index contributed by atoms with van der Waals surface area (Å²) < 4.78 is 27.2. The summed E-state index contributed by atoms with van der Waals surface area (Å²) >= 11 is 1.34. The number of sulfonamides is 1. The van der Waals surface area contributed by atoms with E-state index < -0.39 is 10.0 Å². The quantitative estimate of drug-likeness (QED) is 0.878. The van der Waals surface area contributed by atoms with E-state index in [0.717, 1.165) is 5.56 Å². The highest BCUT2D eigenvalue weighted by Crippen LogP contribution is 2.23. The van der Waals surface area contributed by atoms with E-state index >= 15 is 0 Å². The molecule has 5 nitrogen and oxygen atoms in total. The third-order valence-corrected chi connectivity index (χ3v) is 5.39. The first-order chi connectivity index (χ1) is 9.04. The second kappa shape index (κ2) is 5.79.